The maximum Gasteiger partial charge on any atom is 0.410 e. The number of amides is 2. The summed E-state index contributed by atoms with van der Waals surface area (Å²) in [7, 11) is -3.92. The van der Waals surface area contributed by atoms with Gasteiger partial charge in [0.05, 0.1) is 5.69 Å². The van der Waals surface area contributed by atoms with Gasteiger partial charge in [0.15, 0.2) is 9.84 Å². The number of benzene rings is 1. The molecule has 0 bridgehead atoms. The van der Waals surface area contributed by atoms with Gasteiger partial charge in [-0.1, -0.05) is 0 Å². The van der Waals surface area contributed by atoms with Crippen molar-refractivity contribution in [2.75, 3.05) is 31.2 Å². The van der Waals surface area contributed by atoms with Crippen LogP contribution in [0.3, 0.4) is 0 Å². The third-order valence-corrected chi connectivity index (χ3v) is 6.89. The maximum absolute atomic E-state index is 14.5. The Morgan fingerprint density at radius 1 is 1.09 bits per heavy atom. The molecule has 2 aliphatic rings. The minimum atomic E-state index is -3.92. The topological polar surface area (TPSA) is 96.0 Å². The molecule has 0 aliphatic carbocycles. The first-order valence-electron chi connectivity index (χ1n) is 11.0. The number of likely N-dealkylation sites (tertiary alicyclic amines) is 2. The zero-order chi connectivity index (χ0) is 24.6. The molecule has 8 nitrogen and oxygen atoms in total. The number of halogens is 2. The molecule has 2 amide bonds. The summed E-state index contributed by atoms with van der Waals surface area (Å²) in [6, 6.07) is 0.595. The number of piperidine rings is 2. The summed E-state index contributed by atoms with van der Waals surface area (Å²) >= 11 is 0. The molecule has 0 saturated carbocycles. The van der Waals surface area contributed by atoms with Crippen LogP contribution in [0.25, 0.3) is 0 Å². The average molecular weight is 488 g/mol. The van der Waals surface area contributed by atoms with E-state index in [-0.39, 0.29) is 23.7 Å². The average Bonchev–Trinajstić information content (AvgIpc) is 2.70. The van der Waals surface area contributed by atoms with Gasteiger partial charge in [-0.05, 0) is 52.5 Å². The van der Waals surface area contributed by atoms with E-state index in [1.54, 1.807) is 30.6 Å². The molecule has 184 valence electrons. The lowest BCUT2D eigenvalue weighted by molar-refractivity contribution is -0.137. The van der Waals surface area contributed by atoms with Gasteiger partial charge in [0, 0.05) is 38.0 Å². The summed E-state index contributed by atoms with van der Waals surface area (Å²) in [4.78, 5) is 28.0. The molecule has 1 aromatic rings. The summed E-state index contributed by atoms with van der Waals surface area (Å²) in [6.07, 6.45) is 2.75. The van der Waals surface area contributed by atoms with Crippen LogP contribution in [0.15, 0.2) is 17.0 Å². The van der Waals surface area contributed by atoms with Gasteiger partial charge in [-0.15, -0.1) is 0 Å². The highest BCUT2D eigenvalue weighted by atomic mass is 32.2. The molecule has 33 heavy (non-hydrogen) atoms. The van der Waals surface area contributed by atoms with Crippen LogP contribution in [0.4, 0.5) is 19.3 Å². The zero-order valence-electron chi connectivity index (χ0n) is 19.4. The van der Waals surface area contributed by atoms with Crippen molar-refractivity contribution >= 4 is 27.5 Å². The Hall–Kier alpha value is -2.43. The normalized spacial score (nSPS) is 20.7. The van der Waals surface area contributed by atoms with Crippen molar-refractivity contribution in [3.63, 3.8) is 0 Å². The Morgan fingerprint density at radius 2 is 1.73 bits per heavy atom. The van der Waals surface area contributed by atoms with Crippen LogP contribution < -0.4 is 5.32 Å². The molecule has 2 heterocycles. The van der Waals surface area contributed by atoms with Crippen molar-refractivity contribution in [3.8, 4) is 0 Å². The highest BCUT2D eigenvalue weighted by molar-refractivity contribution is 7.90. The highest BCUT2D eigenvalue weighted by Gasteiger charge is 2.36. The van der Waals surface area contributed by atoms with Crippen LogP contribution in [-0.2, 0) is 19.4 Å². The fourth-order valence-electron chi connectivity index (χ4n) is 4.19. The molecule has 2 fully saturated rings. The highest BCUT2D eigenvalue weighted by Crippen LogP contribution is 2.28. The van der Waals surface area contributed by atoms with Crippen molar-refractivity contribution in [1.29, 1.82) is 0 Å². The lowest BCUT2D eigenvalue weighted by atomic mass is 9.97. The van der Waals surface area contributed by atoms with Crippen LogP contribution >= 0.6 is 0 Å². The van der Waals surface area contributed by atoms with Gasteiger partial charge in [-0.25, -0.2) is 22.0 Å². The van der Waals surface area contributed by atoms with E-state index < -0.39 is 38.0 Å². The summed E-state index contributed by atoms with van der Waals surface area (Å²) in [5.41, 5.74) is -0.830. The van der Waals surface area contributed by atoms with Gasteiger partial charge in [0.2, 0.25) is 5.91 Å². The Labute approximate surface area is 193 Å². The third-order valence-electron chi connectivity index (χ3n) is 5.78. The van der Waals surface area contributed by atoms with Crippen LogP contribution in [0, 0.1) is 11.6 Å². The minimum Gasteiger partial charge on any atom is -0.444 e. The predicted molar refractivity (Wildman–Crippen MR) is 119 cm³/mol. The number of sulfone groups is 1. The third kappa shape index (κ3) is 6.13. The second kappa shape index (κ2) is 9.44. The molecule has 11 heteroatoms. The molecular formula is C22H31F2N3O5S. The van der Waals surface area contributed by atoms with Gasteiger partial charge < -0.3 is 19.9 Å². The molecule has 3 rings (SSSR count). The van der Waals surface area contributed by atoms with Gasteiger partial charge in [-0.3, -0.25) is 4.79 Å². The summed E-state index contributed by atoms with van der Waals surface area (Å²) < 4.78 is 57.3. The largest absolute Gasteiger partial charge is 0.444 e. The lowest BCUT2D eigenvalue weighted by Gasteiger charge is -2.42. The first kappa shape index (κ1) is 25.2. The Kier molecular flexibility index (Phi) is 7.21. The Morgan fingerprint density at radius 3 is 2.30 bits per heavy atom. The number of nitrogens with one attached hydrogen (secondary N) is 1. The van der Waals surface area contributed by atoms with E-state index in [2.05, 4.69) is 5.32 Å². The minimum absolute atomic E-state index is 0.0602. The number of carbonyl (C=O) groups excluding carboxylic acids is 2. The van der Waals surface area contributed by atoms with Gasteiger partial charge in [0.25, 0.3) is 0 Å². The lowest BCUT2D eigenvalue weighted by Crippen LogP contribution is -2.55. The number of hydrogen-bond acceptors (Lipinski definition) is 6. The molecule has 2 aliphatic heterocycles. The van der Waals surface area contributed by atoms with Crippen LogP contribution in [0.5, 0.6) is 0 Å². The maximum atomic E-state index is 14.5. The van der Waals surface area contributed by atoms with Gasteiger partial charge >= 0.3 is 6.09 Å². The molecule has 1 N–H and O–H groups in total. The fraction of sp³-hybridized carbons (Fsp3) is 0.636. The van der Waals surface area contributed by atoms with Gasteiger partial charge in [-0.2, -0.15) is 0 Å². The van der Waals surface area contributed by atoms with Crippen molar-refractivity contribution in [3.05, 3.63) is 23.8 Å². The van der Waals surface area contributed by atoms with E-state index in [0.717, 1.165) is 12.3 Å². The Bertz CT molecular complexity index is 1020. The number of hydrogen-bond donors (Lipinski definition) is 1. The molecule has 2 saturated heterocycles. The monoisotopic (exact) mass is 487 g/mol. The SMILES string of the molecule is CC(C)(C)OC(=O)N1CCC(N2CCCC(Nc3cc(F)c(S(C)(=O)=O)cc3F)C2=O)CC1. The van der Waals surface area contributed by atoms with Crippen molar-refractivity contribution in [2.45, 2.75) is 69.0 Å². The summed E-state index contributed by atoms with van der Waals surface area (Å²) in [5, 5.41) is 2.75. The van der Waals surface area contributed by atoms with Crippen LogP contribution in [0.2, 0.25) is 0 Å². The van der Waals surface area contributed by atoms with Crippen molar-refractivity contribution < 1.29 is 31.5 Å². The van der Waals surface area contributed by atoms with Crippen LogP contribution in [-0.4, -0.2) is 73.8 Å². The number of carbonyl (C=O) groups is 2. The predicted octanol–water partition coefficient (Wildman–Crippen LogP) is 3.17. The molecule has 0 aromatic heterocycles. The van der Waals surface area contributed by atoms with E-state index in [4.69, 9.17) is 4.74 Å². The van der Waals surface area contributed by atoms with E-state index in [9.17, 15) is 26.8 Å². The molecule has 0 spiro atoms. The smallest absolute Gasteiger partial charge is 0.410 e. The van der Waals surface area contributed by atoms with Crippen molar-refractivity contribution in [2.24, 2.45) is 0 Å². The molecule has 1 atom stereocenters. The molecular weight excluding hydrogens is 456 g/mol. The van der Waals surface area contributed by atoms with Crippen molar-refractivity contribution in [1.82, 2.24) is 9.80 Å². The molecule has 1 aromatic carbocycles. The summed E-state index contributed by atoms with van der Waals surface area (Å²) in [5.74, 6) is -2.23. The van der Waals surface area contributed by atoms with Gasteiger partial charge in [0.1, 0.15) is 28.2 Å². The molecule has 1 unspecified atom stereocenters. The first-order valence-corrected chi connectivity index (χ1v) is 12.9. The Balaban J connectivity index is 1.64. The quantitative estimate of drug-likeness (QED) is 0.701. The number of rotatable bonds is 4. The molecule has 0 radical (unpaired) electrons. The first-order chi connectivity index (χ1) is 15.3. The van der Waals surface area contributed by atoms with E-state index in [1.807, 2.05) is 0 Å². The number of anilines is 1. The summed E-state index contributed by atoms with van der Waals surface area (Å²) in [6.45, 7) is 6.91. The van der Waals surface area contributed by atoms with Crippen LogP contribution in [0.1, 0.15) is 46.5 Å². The zero-order valence-corrected chi connectivity index (χ0v) is 20.2. The standard InChI is InChI=1S/C22H31F2N3O5S/c1-22(2,3)32-21(29)26-10-7-14(8-11-26)27-9-5-6-17(20(27)28)25-18-12-16(24)19(13-15(18)23)33(4,30)31/h12-14,17,25H,5-11H2,1-4H3. The van der Waals surface area contributed by atoms with E-state index in [0.29, 0.717) is 51.4 Å². The van der Waals surface area contributed by atoms with E-state index >= 15 is 0 Å². The second-order valence-corrected chi connectivity index (χ2v) is 11.6. The number of nitrogens with zero attached hydrogens (tertiary/aromatic N) is 2. The fourth-order valence-corrected chi connectivity index (χ4v) is 4.92. The second-order valence-electron chi connectivity index (χ2n) is 9.60. The number of ether oxygens (including phenoxy) is 1. The van der Waals surface area contributed by atoms with E-state index in [1.165, 1.54) is 0 Å².